The third-order valence-electron chi connectivity index (χ3n) is 1.94. The topological polar surface area (TPSA) is 72.5 Å². The average molecular weight is 207 g/mol. The molecule has 0 radical (unpaired) electrons. The molecule has 0 atom stereocenters. The molecule has 0 aliphatic rings. The Morgan fingerprint density at radius 3 is 2.73 bits per heavy atom. The van der Waals surface area contributed by atoms with Crippen molar-refractivity contribution in [3.05, 3.63) is 29.3 Å². The summed E-state index contributed by atoms with van der Waals surface area (Å²) in [6.07, 6.45) is 4.11. The summed E-state index contributed by atoms with van der Waals surface area (Å²) in [4.78, 5) is 10.7. The average Bonchev–Trinajstić information content (AvgIpc) is 2.26. The number of methoxy groups -OCH3 is 1. The smallest absolute Gasteiger partial charge is 0.161 e. The fourth-order valence-corrected chi connectivity index (χ4v) is 1.21. The van der Waals surface area contributed by atoms with Crippen LogP contribution in [-0.2, 0) is 0 Å². The number of carbonyl (C=O) groups excluding carboxylic acids is 1. The summed E-state index contributed by atoms with van der Waals surface area (Å²) in [5.41, 5.74) is 6.38. The molecule has 0 unspecified atom stereocenters. The lowest BCUT2D eigenvalue weighted by Gasteiger charge is -2.06. The first-order valence-corrected chi connectivity index (χ1v) is 4.45. The number of nitrogens with two attached hydrogens (primary N) is 1. The molecular formula is C11H13NO3. The Kier molecular flexibility index (Phi) is 3.88. The van der Waals surface area contributed by atoms with E-state index >= 15 is 0 Å². The molecule has 0 saturated heterocycles. The molecule has 4 heteroatoms. The highest BCUT2D eigenvalue weighted by Gasteiger charge is 2.06. The summed E-state index contributed by atoms with van der Waals surface area (Å²) in [7, 11) is 1.45. The van der Waals surface area contributed by atoms with Crippen molar-refractivity contribution < 1.29 is 14.6 Å². The fourth-order valence-electron chi connectivity index (χ4n) is 1.21. The quantitative estimate of drug-likeness (QED) is 0.727. The highest BCUT2D eigenvalue weighted by Crippen LogP contribution is 2.29. The number of hydrogen-bond acceptors (Lipinski definition) is 4. The van der Waals surface area contributed by atoms with Crippen molar-refractivity contribution in [2.24, 2.45) is 5.73 Å². The number of hydrogen-bond donors (Lipinski definition) is 2. The summed E-state index contributed by atoms with van der Waals surface area (Å²) in [6.45, 7) is 0.390. The van der Waals surface area contributed by atoms with E-state index in [4.69, 9.17) is 10.5 Å². The number of carbonyl (C=O) groups is 1. The van der Waals surface area contributed by atoms with Crippen LogP contribution in [0.25, 0.3) is 6.08 Å². The summed E-state index contributed by atoms with van der Waals surface area (Å²) >= 11 is 0. The summed E-state index contributed by atoms with van der Waals surface area (Å²) in [5, 5.41) is 9.44. The van der Waals surface area contributed by atoms with Crippen molar-refractivity contribution in [1.82, 2.24) is 0 Å². The SMILES string of the molecule is COc1cc(C=CCN)c(C=O)cc1O. The van der Waals surface area contributed by atoms with E-state index in [2.05, 4.69) is 0 Å². The number of aromatic hydroxyl groups is 1. The maximum Gasteiger partial charge on any atom is 0.161 e. The maximum atomic E-state index is 10.7. The number of aldehydes is 1. The number of ether oxygens (including phenoxy) is 1. The fraction of sp³-hybridized carbons (Fsp3) is 0.182. The highest BCUT2D eigenvalue weighted by atomic mass is 16.5. The van der Waals surface area contributed by atoms with Gasteiger partial charge in [-0.05, 0) is 17.7 Å². The summed E-state index contributed by atoms with van der Waals surface area (Å²) in [5.74, 6) is 0.279. The largest absolute Gasteiger partial charge is 0.504 e. The van der Waals surface area contributed by atoms with Gasteiger partial charge >= 0.3 is 0 Å². The van der Waals surface area contributed by atoms with E-state index in [-0.39, 0.29) is 5.75 Å². The van der Waals surface area contributed by atoms with Gasteiger partial charge in [0.15, 0.2) is 17.8 Å². The highest BCUT2D eigenvalue weighted by molar-refractivity contribution is 5.83. The first-order chi connectivity index (χ1) is 7.22. The van der Waals surface area contributed by atoms with E-state index in [0.29, 0.717) is 29.7 Å². The van der Waals surface area contributed by atoms with Crippen molar-refractivity contribution in [3.63, 3.8) is 0 Å². The Hall–Kier alpha value is -1.81. The predicted molar refractivity (Wildman–Crippen MR) is 58.1 cm³/mol. The molecule has 0 aliphatic carbocycles. The van der Waals surface area contributed by atoms with E-state index in [1.165, 1.54) is 13.2 Å². The van der Waals surface area contributed by atoms with Crippen molar-refractivity contribution in [3.8, 4) is 11.5 Å². The second-order valence-electron chi connectivity index (χ2n) is 2.91. The number of phenols is 1. The van der Waals surface area contributed by atoms with E-state index in [1.807, 2.05) is 0 Å². The normalized spacial score (nSPS) is 10.5. The van der Waals surface area contributed by atoms with Gasteiger partial charge in [0.25, 0.3) is 0 Å². The Morgan fingerprint density at radius 1 is 1.47 bits per heavy atom. The lowest BCUT2D eigenvalue weighted by Crippen LogP contribution is -1.94. The Morgan fingerprint density at radius 2 is 2.20 bits per heavy atom. The minimum absolute atomic E-state index is 0.0514. The van der Waals surface area contributed by atoms with Gasteiger partial charge in [0.2, 0.25) is 0 Å². The van der Waals surface area contributed by atoms with Crippen molar-refractivity contribution in [1.29, 1.82) is 0 Å². The van der Waals surface area contributed by atoms with Crippen LogP contribution in [0, 0.1) is 0 Å². The number of rotatable bonds is 4. The van der Waals surface area contributed by atoms with Crippen LogP contribution in [0.2, 0.25) is 0 Å². The van der Waals surface area contributed by atoms with Gasteiger partial charge in [0.05, 0.1) is 7.11 Å². The van der Waals surface area contributed by atoms with Crippen LogP contribution in [0.1, 0.15) is 15.9 Å². The molecule has 4 nitrogen and oxygen atoms in total. The van der Waals surface area contributed by atoms with Crippen LogP contribution in [0.5, 0.6) is 11.5 Å². The van der Waals surface area contributed by atoms with E-state index in [9.17, 15) is 9.90 Å². The zero-order valence-corrected chi connectivity index (χ0v) is 8.43. The van der Waals surface area contributed by atoms with Crippen molar-refractivity contribution in [2.75, 3.05) is 13.7 Å². The standard InChI is InChI=1S/C11H13NO3/c1-15-11-6-8(3-2-4-12)9(7-13)5-10(11)14/h2-3,5-7,14H,4,12H2,1H3. The summed E-state index contributed by atoms with van der Waals surface area (Å²) < 4.78 is 4.93. The molecule has 1 aromatic carbocycles. The van der Waals surface area contributed by atoms with Gasteiger partial charge in [-0.25, -0.2) is 0 Å². The molecule has 0 aliphatic heterocycles. The zero-order chi connectivity index (χ0) is 11.3. The van der Waals surface area contributed by atoms with Gasteiger partial charge in [-0.15, -0.1) is 0 Å². The third kappa shape index (κ3) is 2.57. The van der Waals surface area contributed by atoms with Crippen LogP contribution >= 0.6 is 0 Å². The minimum atomic E-state index is -0.0514. The molecule has 0 amide bonds. The molecule has 1 rings (SSSR count). The second kappa shape index (κ2) is 5.17. The lowest BCUT2D eigenvalue weighted by molar-refractivity contribution is 0.112. The van der Waals surface area contributed by atoms with Gasteiger partial charge in [-0.3, -0.25) is 4.79 Å². The van der Waals surface area contributed by atoms with Gasteiger partial charge in [-0.2, -0.15) is 0 Å². The van der Waals surface area contributed by atoms with Gasteiger partial charge in [-0.1, -0.05) is 12.2 Å². The van der Waals surface area contributed by atoms with Crippen molar-refractivity contribution in [2.45, 2.75) is 0 Å². The molecule has 3 N–H and O–H groups in total. The van der Waals surface area contributed by atoms with Crippen LogP contribution in [0.4, 0.5) is 0 Å². The number of benzene rings is 1. The lowest BCUT2D eigenvalue weighted by atomic mass is 10.1. The Bertz CT molecular complexity index is 386. The molecule has 80 valence electrons. The third-order valence-corrected chi connectivity index (χ3v) is 1.94. The zero-order valence-electron chi connectivity index (χ0n) is 8.43. The molecule has 0 heterocycles. The van der Waals surface area contributed by atoms with E-state index < -0.39 is 0 Å². The number of phenolic OH excluding ortho intramolecular Hbond substituents is 1. The monoisotopic (exact) mass is 207 g/mol. The molecular weight excluding hydrogens is 194 g/mol. The van der Waals surface area contributed by atoms with E-state index in [0.717, 1.165) is 0 Å². The minimum Gasteiger partial charge on any atom is -0.504 e. The Labute approximate surface area is 88.0 Å². The van der Waals surface area contributed by atoms with Crippen LogP contribution < -0.4 is 10.5 Å². The predicted octanol–water partition coefficient (Wildman–Crippen LogP) is 1.19. The molecule has 0 fully saturated rings. The molecule has 15 heavy (non-hydrogen) atoms. The molecule has 0 bridgehead atoms. The van der Waals surface area contributed by atoms with Gasteiger partial charge < -0.3 is 15.6 Å². The second-order valence-corrected chi connectivity index (χ2v) is 2.91. The van der Waals surface area contributed by atoms with Crippen molar-refractivity contribution >= 4 is 12.4 Å². The van der Waals surface area contributed by atoms with Crippen LogP contribution in [-0.4, -0.2) is 25.0 Å². The van der Waals surface area contributed by atoms with E-state index in [1.54, 1.807) is 18.2 Å². The van der Waals surface area contributed by atoms with Crippen LogP contribution in [0.15, 0.2) is 18.2 Å². The molecule has 0 aromatic heterocycles. The molecule has 0 saturated carbocycles. The first-order valence-electron chi connectivity index (χ1n) is 4.45. The summed E-state index contributed by atoms with van der Waals surface area (Å²) in [6, 6.07) is 2.95. The van der Waals surface area contributed by atoms with Gasteiger partial charge in [0, 0.05) is 12.1 Å². The Balaban J connectivity index is 3.22. The van der Waals surface area contributed by atoms with Crippen LogP contribution in [0.3, 0.4) is 0 Å². The first kappa shape index (κ1) is 11.3. The molecule has 0 spiro atoms. The molecule has 1 aromatic rings. The maximum absolute atomic E-state index is 10.7. The van der Waals surface area contributed by atoms with Gasteiger partial charge in [0.1, 0.15) is 0 Å².